The zero-order valence-corrected chi connectivity index (χ0v) is 19.8. The normalized spacial score (nSPS) is 30.0. The van der Waals surface area contributed by atoms with Gasteiger partial charge < -0.3 is 30.1 Å². The number of aliphatic hydroxyl groups is 4. The van der Waals surface area contributed by atoms with Gasteiger partial charge in [0, 0.05) is 0 Å². The third-order valence-corrected chi connectivity index (χ3v) is 6.18. The number of phosphoric acid groups is 1. The van der Waals surface area contributed by atoms with Gasteiger partial charge in [0.15, 0.2) is 6.29 Å². The van der Waals surface area contributed by atoms with Gasteiger partial charge in [0.2, 0.25) is 0 Å². The molecule has 31 heavy (non-hydrogen) atoms. The second-order valence-electron chi connectivity index (χ2n) is 8.45. The van der Waals surface area contributed by atoms with Crippen LogP contribution in [0.1, 0.15) is 59.8 Å². The Morgan fingerprint density at radius 3 is 2.35 bits per heavy atom. The van der Waals surface area contributed by atoms with Gasteiger partial charge in [-0.3, -0.25) is 9.05 Å². The first kappa shape index (κ1) is 28.4. The summed E-state index contributed by atoms with van der Waals surface area (Å²) < 4.78 is 27.0. The fraction of sp³-hybridized carbons (Fsp3) is 0.810. The molecule has 0 bridgehead atoms. The Labute approximate surface area is 185 Å². The monoisotopic (exact) mass is 466 g/mol. The quantitative estimate of drug-likeness (QED) is 0.204. The van der Waals surface area contributed by atoms with Crippen LogP contribution in [0, 0.1) is 5.92 Å². The summed E-state index contributed by atoms with van der Waals surface area (Å²) in [4.78, 5) is 9.88. The molecule has 1 rings (SSSR count). The number of allylic oxidation sites excluding steroid dienone is 4. The minimum Gasteiger partial charge on any atom is -0.394 e. The number of hydrogen-bond acceptors (Lipinski definition) is 8. The van der Waals surface area contributed by atoms with E-state index in [0.717, 1.165) is 25.7 Å². The van der Waals surface area contributed by atoms with Crippen LogP contribution in [0.2, 0.25) is 0 Å². The summed E-state index contributed by atoms with van der Waals surface area (Å²) in [5.74, 6) is 0.258. The minimum absolute atomic E-state index is 0.0321. The minimum atomic E-state index is -4.58. The molecule has 0 aromatic heterocycles. The number of rotatable bonds is 13. The van der Waals surface area contributed by atoms with E-state index in [1.165, 1.54) is 11.1 Å². The fourth-order valence-electron chi connectivity index (χ4n) is 3.13. The van der Waals surface area contributed by atoms with Crippen molar-refractivity contribution in [2.24, 2.45) is 5.92 Å². The largest absolute Gasteiger partial charge is 0.474 e. The maximum atomic E-state index is 12.1. The average molecular weight is 467 g/mol. The van der Waals surface area contributed by atoms with E-state index in [4.69, 9.17) is 18.9 Å². The van der Waals surface area contributed by atoms with Gasteiger partial charge in [-0.1, -0.05) is 30.2 Å². The van der Waals surface area contributed by atoms with Crippen molar-refractivity contribution < 1.29 is 43.7 Å². The topological polar surface area (TPSA) is 146 Å². The molecule has 2 unspecified atom stereocenters. The lowest BCUT2D eigenvalue weighted by Crippen LogP contribution is -2.58. The maximum Gasteiger partial charge on any atom is 0.474 e. The van der Waals surface area contributed by atoms with E-state index < -0.39 is 45.1 Å². The molecular formula is C21H39O9P. The summed E-state index contributed by atoms with van der Waals surface area (Å²) in [5, 5.41) is 38.5. The van der Waals surface area contributed by atoms with Crippen molar-refractivity contribution in [2.45, 2.75) is 90.5 Å². The molecule has 0 aliphatic carbocycles. The van der Waals surface area contributed by atoms with Gasteiger partial charge in [0.25, 0.3) is 0 Å². The molecule has 0 spiro atoms. The van der Waals surface area contributed by atoms with Crippen LogP contribution in [-0.4, -0.2) is 69.2 Å². The van der Waals surface area contributed by atoms with Gasteiger partial charge in [-0.2, -0.15) is 0 Å². The van der Waals surface area contributed by atoms with Gasteiger partial charge in [0.05, 0.1) is 13.2 Å². The fourth-order valence-corrected chi connectivity index (χ4v) is 3.97. The summed E-state index contributed by atoms with van der Waals surface area (Å²) >= 11 is 0. The van der Waals surface area contributed by atoms with Crippen molar-refractivity contribution >= 4 is 7.82 Å². The Bertz CT molecular complexity index is 630. The van der Waals surface area contributed by atoms with E-state index in [2.05, 4.69) is 32.9 Å². The lowest BCUT2D eigenvalue weighted by molar-refractivity contribution is -0.281. The highest BCUT2D eigenvalue weighted by molar-refractivity contribution is 7.47. The number of ether oxygens (including phenoxy) is 1. The van der Waals surface area contributed by atoms with E-state index in [9.17, 15) is 24.8 Å². The molecule has 9 nitrogen and oxygen atoms in total. The summed E-state index contributed by atoms with van der Waals surface area (Å²) in [6.07, 6.45) is 0.864. The van der Waals surface area contributed by atoms with Crippen molar-refractivity contribution in [1.29, 1.82) is 0 Å². The van der Waals surface area contributed by atoms with Gasteiger partial charge in [0.1, 0.15) is 24.4 Å². The molecule has 5 N–H and O–H groups in total. The Hall–Kier alpha value is -0.610. The lowest BCUT2D eigenvalue weighted by atomic mass is 10.00. The second-order valence-corrected chi connectivity index (χ2v) is 9.85. The number of aliphatic hydroxyl groups excluding tert-OH is 4. The van der Waals surface area contributed by atoms with Crippen molar-refractivity contribution in [2.75, 3.05) is 13.2 Å². The average Bonchev–Trinajstić information content (AvgIpc) is 2.67. The van der Waals surface area contributed by atoms with E-state index in [1.54, 1.807) is 0 Å². The molecule has 1 heterocycles. The standard InChI is InChI=1S/C21H39O9P/c1-14(2)7-5-8-15(3)9-6-10-16(4)11-12-28-31(26,27)30-21-20(25)19(24)18(23)17(13-22)29-21/h7,9,16-25H,5-6,8,10-13H2,1-4H3,(H,26,27)/b15-9-/t16?,17-,18-,19+,20-,21+/m1/s1. The third-order valence-electron chi connectivity index (χ3n) is 5.19. The smallest absolute Gasteiger partial charge is 0.394 e. The third kappa shape index (κ3) is 10.7. The van der Waals surface area contributed by atoms with Crippen molar-refractivity contribution in [3.8, 4) is 0 Å². The first-order chi connectivity index (χ1) is 14.5. The van der Waals surface area contributed by atoms with Crippen LogP contribution in [0.25, 0.3) is 0 Å². The molecular weight excluding hydrogens is 427 g/mol. The Morgan fingerprint density at radius 1 is 1.06 bits per heavy atom. The number of hydrogen-bond donors (Lipinski definition) is 5. The van der Waals surface area contributed by atoms with Crippen molar-refractivity contribution in [1.82, 2.24) is 0 Å². The van der Waals surface area contributed by atoms with Crippen molar-refractivity contribution in [3.05, 3.63) is 23.3 Å². The first-order valence-electron chi connectivity index (χ1n) is 10.7. The lowest BCUT2D eigenvalue weighted by Gasteiger charge is -2.39. The van der Waals surface area contributed by atoms with E-state index in [-0.39, 0.29) is 12.5 Å². The van der Waals surface area contributed by atoms with Gasteiger partial charge in [-0.25, -0.2) is 4.57 Å². The molecule has 0 saturated carbocycles. The van der Waals surface area contributed by atoms with E-state index in [1.807, 2.05) is 6.92 Å². The molecule has 10 heteroatoms. The summed E-state index contributed by atoms with van der Waals surface area (Å²) in [5.41, 5.74) is 2.66. The van der Waals surface area contributed by atoms with Crippen LogP contribution < -0.4 is 0 Å². The molecule has 0 aromatic carbocycles. The summed E-state index contributed by atoms with van der Waals surface area (Å²) in [6, 6.07) is 0. The first-order valence-corrected chi connectivity index (χ1v) is 12.2. The maximum absolute atomic E-state index is 12.1. The summed E-state index contributed by atoms with van der Waals surface area (Å²) in [7, 11) is -4.58. The molecule has 0 radical (unpaired) electrons. The zero-order chi connectivity index (χ0) is 23.6. The highest BCUT2D eigenvalue weighted by Crippen LogP contribution is 2.46. The highest BCUT2D eigenvalue weighted by Gasteiger charge is 2.46. The molecule has 182 valence electrons. The van der Waals surface area contributed by atoms with Crippen molar-refractivity contribution in [3.63, 3.8) is 0 Å². The van der Waals surface area contributed by atoms with Crippen LogP contribution >= 0.6 is 7.82 Å². The predicted octanol–water partition coefficient (Wildman–Crippen LogP) is 2.42. The zero-order valence-electron chi connectivity index (χ0n) is 18.9. The molecule has 1 aliphatic heterocycles. The van der Waals surface area contributed by atoms with E-state index in [0.29, 0.717) is 6.42 Å². The molecule has 0 amide bonds. The molecule has 0 aromatic rings. The van der Waals surface area contributed by atoms with Crippen LogP contribution in [0.4, 0.5) is 0 Å². The molecule has 1 aliphatic rings. The Morgan fingerprint density at radius 2 is 1.74 bits per heavy atom. The van der Waals surface area contributed by atoms with E-state index >= 15 is 0 Å². The summed E-state index contributed by atoms with van der Waals surface area (Å²) in [6.45, 7) is 7.62. The van der Waals surface area contributed by atoms with Crippen LogP contribution in [0.15, 0.2) is 23.3 Å². The Balaban J connectivity index is 2.36. The van der Waals surface area contributed by atoms with Gasteiger partial charge in [-0.15, -0.1) is 0 Å². The van der Waals surface area contributed by atoms with Gasteiger partial charge in [-0.05, 0) is 58.8 Å². The molecule has 7 atom stereocenters. The highest BCUT2D eigenvalue weighted by atomic mass is 31.2. The predicted molar refractivity (Wildman–Crippen MR) is 116 cm³/mol. The SMILES string of the molecule is CC(C)=CCC/C(C)=C\CCC(C)CCOP(=O)(O)O[C@@H]1O[C@H](CO)[C@@H](O)[C@H](O)[C@H]1O. The number of phosphoric ester groups is 1. The van der Waals surface area contributed by atoms with Crippen LogP contribution in [-0.2, 0) is 18.3 Å². The second kappa shape index (κ2) is 13.8. The van der Waals surface area contributed by atoms with Crippen LogP contribution in [0.3, 0.4) is 0 Å². The molecule has 1 fully saturated rings. The molecule has 1 saturated heterocycles. The Kier molecular flexibility index (Phi) is 12.7. The van der Waals surface area contributed by atoms with Crippen LogP contribution in [0.5, 0.6) is 0 Å². The van der Waals surface area contributed by atoms with Gasteiger partial charge >= 0.3 is 7.82 Å².